The summed E-state index contributed by atoms with van der Waals surface area (Å²) in [5.41, 5.74) is 0.643. The molecular formula is C15H19NO4. The minimum absolute atomic E-state index is 0.0340. The molecule has 1 aromatic heterocycles. The fourth-order valence-corrected chi connectivity index (χ4v) is 2.93. The average molecular weight is 277 g/mol. The molecule has 1 saturated heterocycles. The van der Waals surface area contributed by atoms with Crippen LogP contribution in [0.3, 0.4) is 0 Å². The fourth-order valence-electron chi connectivity index (χ4n) is 2.93. The lowest BCUT2D eigenvalue weighted by molar-refractivity contribution is -0.122. The van der Waals surface area contributed by atoms with E-state index in [1.165, 1.54) is 0 Å². The van der Waals surface area contributed by atoms with E-state index in [1.54, 1.807) is 17.9 Å². The molecule has 1 amide bonds. The van der Waals surface area contributed by atoms with Gasteiger partial charge in [-0.3, -0.25) is 9.59 Å². The van der Waals surface area contributed by atoms with Crippen molar-refractivity contribution in [2.24, 2.45) is 5.92 Å². The summed E-state index contributed by atoms with van der Waals surface area (Å²) in [6, 6.07) is 1.64. The second kappa shape index (κ2) is 5.05. The number of aliphatic hydroxyl groups excluding tert-OH is 1. The summed E-state index contributed by atoms with van der Waals surface area (Å²) < 4.78 is 5.46. The van der Waals surface area contributed by atoms with Gasteiger partial charge in [-0.15, -0.1) is 0 Å². The molecule has 1 aromatic rings. The summed E-state index contributed by atoms with van der Waals surface area (Å²) in [5, 5.41) is 9.18. The number of hydrogen-bond donors (Lipinski definition) is 1. The van der Waals surface area contributed by atoms with Crippen molar-refractivity contribution in [2.45, 2.75) is 45.3 Å². The molecule has 0 bridgehead atoms. The van der Waals surface area contributed by atoms with Crippen molar-refractivity contribution < 1.29 is 19.1 Å². The van der Waals surface area contributed by atoms with Crippen molar-refractivity contribution in [3.63, 3.8) is 0 Å². The minimum Gasteiger partial charge on any atom is -0.456 e. The molecule has 1 saturated carbocycles. The maximum atomic E-state index is 12.6. The van der Waals surface area contributed by atoms with E-state index < -0.39 is 0 Å². The zero-order valence-electron chi connectivity index (χ0n) is 11.6. The Balaban J connectivity index is 1.82. The van der Waals surface area contributed by atoms with Gasteiger partial charge in [-0.1, -0.05) is 0 Å². The third-order valence-corrected chi connectivity index (χ3v) is 4.30. The molecule has 2 heterocycles. The first-order chi connectivity index (χ1) is 9.60. The largest absolute Gasteiger partial charge is 0.456 e. The number of furan rings is 1. The lowest BCUT2D eigenvalue weighted by atomic mass is 9.96. The maximum Gasteiger partial charge on any atom is 0.289 e. The van der Waals surface area contributed by atoms with Gasteiger partial charge in [0, 0.05) is 31.0 Å². The van der Waals surface area contributed by atoms with Crippen molar-refractivity contribution in [2.75, 3.05) is 6.54 Å². The molecule has 1 unspecified atom stereocenters. The number of likely N-dealkylation sites (tertiary alicyclic amines) is 1. The molecule has 20 heavy (non-hydrogen) atoms. The zero-order valence-corrected chi connectivity index (χ0v) is 11.6. The first-order valence-corrected chi connectivity index (χ1v) is 7.13. The summed E-state index contributed by atoms with van der Waals surface area (Å²) in [6.07, 6.45) is 3.10. The van der Waals surface area contributed by atoms with Gasteiger partial charge in [0.05, 0.1) is 6.61 Å². The molecule has 5 nitrogen and oxygen atoms in total. The second-order valence-corrected chi connectivity index (χ2v) is 5.75. The smallest absolute Gasteiger partial charge is 0.289 e. The molecule has 108 valence electrons. The normalized spacial score (nSPS) is 23.2. The molecule has 0 radical (unpaired) electrons. The topological polar surface area (TPSA) is 70.8 Å². The highest BCUT2D eigenvalue weighted by molar-refractivity contribution is 5.93. The standard InChI is InChI=1S/C15H19NO4/c1-9-11(8-17)6-14(20-9)15(19)16-5-4-12(18)7-13(16)10-2-3-10/h6,10,13,17H,2-5,7-8H2,1H3. The minimum atomic E-state index is -0.155. The van der Waals surface area contributed by atoms with Crippen molar-refractivity contribution in [1.29, 1.82) is 0 Å². The highest BCUT2D eigenvalue weighted by atomic mass is 16.4. The molecule has 0 aromatic carbocycles. The Morgan fingerprint density at radius 1 is 1.50 bits per heavy atom. The van der Waals surface area contributed by atoms with Gasteiger partial charge in [0.2, 0.25) is 0 Å². The van der Waals surface area contributed by atoms with Crippen molar-refractivity contribution in [3.05, 3.63) is 23.2 Å². The van der Waals surface area contributed by atoms with Crippen LogP contribution in [0.1, 0.15) is 47.6 Å². The third kappa shape index (κ3) is 2.38. The Kier molecular flexibility index (Phi) is 3.38. The number of hydrogen-bond acceptors (Lipinski definition) is 4. The quantitative estimate of drug-likeness (QED) is 0.912. The molecule has 2 fully saturated rings. The van der Waals surface area contributed by atoms with Crippen LogP contribution in [-0.4, -0.2) is 34.3 Å². The zero-order chi connectivity index (χ0) is 14.3. The van der Waals surface area contributed by atoms with Crippen molar-refractivity contribution >= 4 is 11.7 Å². The van der Waals surface area contributed by atoms with Crippen LogP contribution in [-0.2, 0) is 11.4 Å². The van der Waals surface area contributed by atoms with Gasteiger partial charge in [0.15, 0.2) is 5.76 Å². The molecule has 3 rings (SSSR count). The lowest BCUT2D eigenvalue weighted by Crippen LogP contribution is -2.47. The Morgan fingerprint density at radius 3 is 2.85 bits per heavy atom. The Hall–Kier alpha value is -1.62. The summed E-state index contributed by atoms with van der Waals surface area (Å²) in [6.45, 7) is 2.08. The monoisotopic (exact) mass is 277 g/mol. The SMILES string of the molecule is Cc1oc(C(=O)N2CCC(=O)CC2C2CC2)cc1CO. The number of rotatable bonds is 3. The maximum absolute atomic E-state index is 12.6. The van der Waals surface area contributed by atoms with Crippen LogP contribution in [0.2, 0.25) is 0 Å². The molecule has 5 heteroatoms. The predicted octanol–water partition coefficient (Wildman–Crippen LogP) is 1.66. The third-order valence-electron chi connectivity index (χ3n) is 4.30. The highest BCUT2D eigenvalue weighted by Gasteiger charge is 2.41. The van der Waals surface area contributed by atoms with Crippen LogP contribution >= 0.6 is 0 Å². The molecule has 2 aliphatic rings. The second-order valence-electron chi connectivity index (χ2n) is 5.75. The van der Waals surface area contributed by atoms with Gasteiger partial charge < -0.3 is 14.4 Å². The molecule has 0 spiro atoms. The molecule has 1 aliphatic carbocycles. The van der Waals surface area contributed by atoms with E-state index >= 15 is 0 Å². The number of ketones is 1. The molecule has 1 N–H and O–H groups in total. The van der Waals surface area contributed by atoms with E-state index in [2.05, 4.69) is 0 Å². The number of aliphatic hydroxyl groups is 1. The number of carbonyl (C=O) groups is 2. The first kappa shape index (κ1) is 13.4. The average Bonchev–Trinajstić information content (AvgIpc) is 3.21. The summed E-state index contributed by atoms with van der Waals surface area (Å²) >= 11 is 0. The van der Waals surface area contributed by atoms with E-state index in [4.69, 9.17) is 4.42 Å². The van der Waals surface area contributed by atoms with Gasteiger partial charge in [-0.25, -0.2) is 0 Å². The number of amides is 1. The van der Waals surface area contributed by atoms with Crippen LogP contribution in [0.5, 0.6) is 0 Å². The lowest BCUT2D eigenvalue weighted by Gasteiger charge is -2.34. The van der Waals surface area contributed by atoms with Crippen LogP contribution in [0.4, 0.5) is 0 Å². The van der Waals surface area contributed by atoms with E-state index in [0.717, 1.165) is 12.8 Å². The van der Waals surface area contributed by atoms with Crippen LogP contribution in [0.15, 0.2) is 10.5 Å². The highest BCUT2D eigenvalue weighted by Crippen LogP contribution is 2.39. The van der Waals surface area contributed by atoms with Gasteiger partial charge in [-0.05, 0) is 31.7 Å². The van der Waals surface area contributed by atoms with Crippen LogP contribution in [0, 0.1) is 12.8 Å². The van der Waals surface area contributed by atoms with Crippen molar-refractivity contribution in [1.82, 2.24) is 4.90 Å². The van der Waals surface area contributed by atoms with Gasteiger partial charge in [0.25, 0.3) is 5.91 Å². The van der Waals surface area contributed by atoms with Crippen LogP contribution in [0.25, 0.3) is 0 Å². The van der Waals surface area contributed by atoms with E-state index in [0.29, 0.717) is 36.6 Å². The number of carbonyl (C=O) groups excluding carboxylic acids is 2. The van der Waals surface area contributed by atoms with Crippen molar-refractivity contribution in [3.8, 4) is 0 Å². The Morgan fingerprint density at radius 2 is 2.25 bits per heavy atom. The van der Waals surface area contributed by atoms with E-state index in [-0.39, 0.29) is 30.1 Å². The van der Waals surface area contributed by atoms with E-state index in [1.807, 2.05) is 0 Å². The van der Waals surface area contributed by atoms with Gasteiger partial charge in [-0.2, -0.15) is 0 Å². The van der Waals surface area contributed by atoms with Gasteiger partial charge in [0.1, 0.15) is 11.5 Å². The van der Waals surface area contributed by atoms with Crippen LogP contribution < -0.4 is 0 Å². The van der Waals surface area contributed by atoms with Gasteiger partial charge >= 0.3 is 0 Å². The Labute approximate surface area is 117 Å². The number of piperidine rings is 1. The Bertz CT molecular complexity index is 544. The number of nitrogens with zero attached hydrogens (tertiary/aromatic N) is 1. The van der Waals surface area contributed by atoms with E-state index in [9.17, 15) is 14.7 Å². The molecular weight excluding hydrogens is 258 g/mol. The summed E-state index contributed by atoms with van der Waals surface area (Å²) in [5.74, 6) is 1.41. The molecule has 1 aliphatic heterocycles. The summed E-state index contributed by atoms with van der Waals surface area (Å²) in [7, 11) is 0. The first-order valence-electron chi connectivity index (χ1n) is 7.13. The molecule has 1 atom stereocenters. The summed E-state index contributed by atoms with van der Waals surface area (Å²) in [4.78, 5) is 26.0. The number of Topliss-reactive ketones (excluding diaryl/α,β-unsaturated/α-hetero) is 1. The number of aryl methyl sites for hydroxylation is 1. The fraction of sp³-hybridized carbons (Fsp3) is 0.600. The predicted molar refractivity (Wildman–Crippen MR) is 71.2 cm³/mol.